The average molecular weight is 321 g/mol. The zero-order valence-corrected chi connectivity index (χ0v) is 12.2. The van der Waals surface area contributed by atoms with Gasteiger partial charge in [-0.25, -0.2) is 18.2 Å². The summed E-state index contributed by atoms with van der Waals surface area (Å²) in [6.07, 6.45) is 1.44. The van der Waals surface area contributed by atoms with E-state index in [4.69, 9.17) is 9.15 Å². The molecule has 0 radical (unpaired) electrons. The van der Waals surface area contributed by atoms with Crippen molar-refractivity contribution in [1.82, 2.24) is 9.97 Å². The molecule has 9 heteroatoms. The van der Waals surface area contributed by atoms with Gasteiger partial charge in [-0.05, 0) is 24.3 Å². The van der Waals surface area contributed by atoms with E-state index in [0.29, 0.717) is 11.3 Å². The molecule has 0 aliphatic heterocycles. The first-order valence-electron chi connectivity index (χ1n) is 6.14. The molecule has 2 aromatic heterocycles. The third kappa shape index (κ3) is 2.53. The number of benzene rings is 1. The lowest BCUT2D eigenvalue weighted by molar-refractivity contribution is 0.415. The van der Waals surface area contributed by atoms with E-state index in [0.717, 1.165) is 0 Å². The van der Waals surface area contributed by atoms with Crippen LogP contribution >= 0.6 is 0 Å². The summed E-state index contributed by atoms with van der Waals surface area (Å²) in [5, 5.41) is 0. The van der Waals surface area contributed by atoms with Crippen molar-refractivity contribution in [2.75, 3.05) is 11.8 Å². The van der Waals surface area contributed by atoms with Gasteiger partial charge in [0.05, 0.1) is 17.5 Å². The van der Waals surface area contributed by atoms with E-state index in [9.17, 15) is 13.2 Å². The van der Waals surface area contributed by atoms with E-state index >= 15 is 0 Å². The number of H-pyrrole nitrogens is 1. The number of hydrogen-bond donors (Lipinski definition) is 2. The summed E-state index contributed by atoms with van der Waals surface area (Å²) in [6.45, 7) is 0. The molecule has 22 heavy (non-hydrogen) atoms. The van der Waals surface area contributed by atoms with Crippen LogP contribution in [0.5, 0.6) is 5.75 Å². The molecule has 0 unspecified atom stereocenters. The molecule has 8 nitrogen and oxygen atoms in total. The van der Waals surface area contributed by atoms with Crippen LogP contribution in [0.25, 0.3) is 11.1 Å². The van der Waals surface area contributed by atoms with Crippen LogP contribution in [-0.2, 0) is 10.0 Å². The predicted octanol–water partition coefficient (Wildman–Crippen LogP) is 1.33. The molecule has 0 aliphatic carbocycles. The van der Waals surface area contributed by atoms with Crippen molar-refractivity contribution in [3.8, 4) is 5.75 Å². The van der Waals surface area contributed by atoms with Gasteiger partial charge in [0.15, 0.2) is 17.2 Å². The number of nitrogens with one attached hydrogen (secondary N) is 2. The number of oxazole rings is 1. The van der Waals surface area contributed by atoms with Gasteiger partial charge in [-0.2, -0.15) is 0 Å². The molecule has 114 valence electrons. The van der Waals surface area contributed by atoms with Crippen molar-refractivity contribution in [2.45, 2.75) is 4.90 Å². The van der Waals surface area contributed by atoms with Crippen molar-refractivity contribution in [1.29, 1.82) is 0 Å². The molecule has 0 amide bonds. The number of pyridine rings is 1. The van der Waals surface area contributed by atoms with Crippen LogP contribution in [0.1, 0.15) is 0 Å². The monoisotopic (exact) mass is 321 g/mol. The zero-order chi connectivity index (χ0) is 15.7. The normalized spacial score (nSPS) is 11.5. The Labute approximate surface area is 124 Å². The molecule has 2 heterocycles. The maximum Gasteiger partial charge on any atom is 0.417 e. The highest BCUT2D eigenvalue weighted by molar-refractivity contribution is 7.92. The fourth-order valence-corrected chi connectivity index (χ4v) is 2.95. The molecule has 0 bridgehead atoms. The molecule has 0 fully saturated rings. The van der Waals surface area contributed by atoms with Gasteiger partial charge in [0, 0.05) is 12.3 Å². The summed E-state index contributed by atoms with van der Waals surface area (Å²) in [5.74, 6) is -0.287. The summed E-state index contributed by atoms with van der Waals surface area (Å²) in [6, 6.07) is 7.26. The average Bonchev–Trinajstić information content (AvgIpc) is 2.86. The number of aromatic amines is 1. The molecule has 0 saturated heterocycles. The Kier molecular flexibility index (Phi) is 3.33. The molecule has 3 rings (SSSR count). The Morgan fingerprint density at radius 2 is 2.14 bits per heavy atom. The van der Waals surface area contributed by atoms with Gasteiger partial charge in [0.2, 0.25) is 0 Å². The highest BCUT2D eigenvalue weighted by atomic mass is 32.2. The molecular formula is C13H11N3O5S. The summed E-state index contributed by atoms with van der Waals surface area (Å²) >= 11 is 0. The number of aromatic nitrogens is 2. The SMILES string of the molecule is COc1cccnc1NS(=O)(=O)c1ccc2[nH]c(=O)oc2c1. The third-order valence-corrected chi connectivity index (χ3v) is 4.26. The van der Waals surface area contributed by atoms with Crippen molar-refractivity contribution < 1.29 is 17.6 Å². The van der Waals surface area contributed by atoms with Gasteiger partial charge < -0.3 is 9.15 Å². The second kappa shape index (κ2) is 5.19. The molecule has 0 atom stereocenters. The van der Waals surface area contributed by atoms with Gasteiger partial charge in [-0.15, -0.1) is 0 Å². The second-order valence-electron chi connectivity index (χ2n) is 4.33. The van der Waals surface area contributed by atoms with Crippen LogP contribution in [0.4, 0.5) is 5.82 Å². The Morgan fingerprint density at radius 1 is 1.32 bits per heavy atom. The number of nitrogens with zero attached hydrogens (tertiary/aromatic N) is 1. The fraction of sp³-hybridized carbons (Fsp3) is 0.0769. The van der Waals surface area contributed by atoms with Crippen LogP contribution in [0.3, 0.4) is 0 Å². The maximum absolute atomic E-state index is 12.4. The number of rotatable bonds is 4. The van der Waals surface area contributed by atoms with Crippen molar-refractivity contribution >= 4 is 26.9 Å². The van der Waals surface area contributed by atoms with E-state index in [1.165, 1.54) is 31.5 Å². The lowest BCUT2D eigenvalue weighted by Gasteiger charge is -2.10. The van der Waals surface area contributed by atoms with E-state index < -0.39 is 15.8 Å². The number of methoxy groups -OCH3 is 1. The molecule has 1 aromatic carbocycles. The van der Waals surface area contributed by atoms with Gasteiger partial charge in [0.25, 0.3) is 10.0 Å². The van der Waals surface area contributed by atoms with Crippen molar-refractivity contribution in [3.63, 3.8) is 0 Å². The minimum atomic E-state index is -3.90. The first-order chi connectivity index (χ1) is 10.5. The van der Waals surface area contributed by atoms with Crippen molar-refractivity contribution in [3.05, 3.63) is 47.1 Å². The number of anilines is 1. The van der Waals surface area contributed by atoms with Crippen LogP contribution in [0.15, 0.2) is 50.6 Å². The predicted molar refractivity (Wildman–Crippen MR) is 78.4 cm³/mol. The van der Waals surface area contributed by atoms with Crippen LogP contribution in [0, 0.1) is 0 Å². The maximum atomic E-state index is 12.4. The fourth-order valence-electron chi connectivity index (χ4n) is 1.91. The minimum Gasteiger partial charge on any atom is -0.493 e. The highest BCUT2D eigenvalue weighted by Crippen LogP contribution is 2.24. The zero-order valence-electron chi connectivity index (χ0n) is 11.4. The van der Waals surface area contributed by atoms with Crippen LogP contribution < -0.4 is 15.2 Å². The molecule has 0 spiro atoms. The first-order valence-corrected chi connectivity index (χ1v) is 7.62. The topological polar surface area (TPSA) is 114 Å². The summed E-state index contributed by atoms with van der Waals surface area (Å²) in [5.41, 5.74) is 0.570. The first kappa shape index (κ1) is 14.1. The summed E-state index contributed by atoms with van der Waals surface area (Å²) in [7, 11) is -2.48. The summed E-state index contributed by atoms with van der Waals surface area (Å²) in [4.78, 5) is 17.4. The number of sulfonamides is 1. The Balaban J connectivity index is 2.02. The van der Waals surface area contributed by atoms with E-state index in [1.807, 2.05) is 0 Å². The lowest BCUT2D eigenvalue weighted by atomic mass is 10.3. The molecular weight excluding hydrogens is 310 g/mol. The quantitative estimate of drug-likeness (QED) is 0.749. The lowest BCUT2D eigenvalue weighted by Crippen LogP contribution is -2.14. The van der Waals surface area contributed by atoms with Gasteiger partial charge in [-0.1, -0.05) is 0 Å². The molecule has 0 saturated carbocycles. The second-order valence-corrected chi connectivity index (χ2v) is 6.01. The largest absolute Gasteiger partial charge is 0.493 e. The molecule has 0 aliphatic rings. The summed E-state index contributed by atoms with van der Waals surface area (Å²) < 4.78 is 37.0. The smallest absolute Gasteiger partial charge is 0.417 e. The Hall–Kier alpha value is -2.81. The van der Waals surface area contributed by atoms with E-state index in [-0.39, 0.29) is 16.3 Å². The third-order valence-electron chi connectivity index (χ3n) is 2.92. The molecule has 2 N–H and O–H groups in total. The van der Waals surface area contributed by atoms with E-state index in [1.54, 1.807) is 12.1 Å². The molecule has 3 aromatic rings. The van der Waals surface area contributed by atoms with Crippen LogP contribution in [-0.4, -0.2) is 25.5 Å². The van der Waals surface area contributed by atoms with E-state index in [2.05, 4.69) is 14.7 Å². The van der Waals surface area contributed by atoms with Gasteiger partial charge >= 0.3 is 5.76 Å². The number of hydrogen-bond acceptors (Lipinski definition) is 6. The number of fused-ring (bicyclic) bond motifs is 1. The van der Waals surface area contributed by atoms with Crippen molar-refractivity contribution in [2.24, 2.45) is 0 Å². The minimum absolute atomic E-state index is 0.0598. The number of ether oxygens (including phenoxy) is 1. The Morgan fingerprint density at radius 3 is 2.91 bits per heavy atom. The van der Waals surface area contributed by atoms with Gasteiger partial charge in [-0.3, -0.25) is 9.71 Å². The standard InChI is InChI=1S/C13H11N3O5S/c1-20-10-3-2-6-14-12(10)16-22(18,19)8-4-5-9-11(7-8)21-13(17)15-9/h2-7H,1H3,(H,14,16)(H,15,17). The van der Waals surface area contributed by atoms with Gasteiger partial charge in [0.1, 0.15) is 0 Å². The Bertz CT molecular complexity index is 990. The van der Waals surface area contributed by atoms with Crippen LogP contribution in [0.2, 0.25) is 0 Å². The highest BCUT2D eigenvalue weighted by Gasteiger charge is 2.18.